The van der Waals surface area contributed by atoms with Gasteiger partial charge in [0.2, 0.25) is 10.0 Å². The Morgan fingerprint density at radius 2 is 2.05 bits per heavy atom. The number of imidazole rings is 1. The average Bonchev–Trinajstić information content (AvgIpc) is 2.86. The molecule has 1 aromatic carbocycles. The van der Waals surface area contributed by atoms with E-state index in [2.05, 4.69) is 9.71 Å². The lowest BCUT2D eigenvalue weighted by Gasteiger charge is -2.09. The summed E-state index contributed by atoms with van der Waals surface area (Å²) in [5, 5.41) is 0. The minimum atomic E-state index is -4.09. The number of halogens is 2. The van der Waals surface area contributed by atoms with E-state index in [9.17, 15) is 17.2 Å². The summed E-state index contributed by atoms with van der Waals surface area (Å²) in [7, 11) is -4.09. The maximum absolute atomic E-state index is 13.5. The number of nitrogen functional groups attached to an aromatic ring is 1. The Kier molecular flexibility index (Phi) is 4.00. The van der Waals surface area contributed by atoms with E-state index in [1.165, 1.54) is 6.33 Å². The van der Waals surface area contributed by atoms with Gasteiger partial charge in [-0.2, -0.15) is 0 Å². The third kappa shape index (κ3) is 3.11. The Labute approximate surface area is 114 Å². The predicted molar refractivity (Wildman–Crippen MR) is 68.2 cm³/mol. The van der Waals surface area contributed by atoms with Crippen LogP contribution in [-0.4, -0.2) is 24.5 Å². The van der Waals surface area contributed by atoms with E-state index in [-0.39, 0.29) is 6.54 Å². The van der Waals surface area contributed by atoms with Crippen LogP contribution >= 0.6 is 0 Å². The van der Waals surface area contributed by atoms with Crippen molar-refractivity contribution in [1.29, 1.82) is 0 Å². The van der Waals surface area contributed by atoms with Gasteiger partial charge >= 0.3 is 0 Å². The molecule has 20 heavy (non-hydrogen) atoms. The fraction of sp³-hybridized carbons (Fsp3) is 0.182. The second-order valence-corrected chi connectivity index (χ2v) is 5.74. The molecule has 1 aromatic heterocycles. The van der Waals surface area contributed by atoms with E-state index >= 15 is 0 Å². The van der Waals surface area contributed by atoms with Crippen molar-refractivity contribution < 1.29 is 17.2 Å². The summed E-state index contributed by atoms with van der Waals surface area (Å²) in [5.41, 5.74) is 4.82. The Bertz CT molecular complexity index is 701. The molecule has 0 radical (unpaired) electrons. The van der Waals surface area contributed by atoms with Crippen molar-refractivity contribution in [2.75, 3.05) is 12.3 Å². The van der Waals surface area contributed by atoms with Gasteiger partial charge in [-0.1, -0.05) is 0 Å². The van der Waals surface area contributed by atoms with Crippen LogP contribution in [0, 0.1) is 11.6 Å². The zero-order valence-corrected chi connectivity index (χ0v) is 11.1. The molecule has 0 unspecified atom stereocenters. The van der Waals surface area contributed by atoms with Crippen LogP contribution in [0.3, 0.4) is 0 Å². The highest BCUT2D eigenvalue weighted by Crippen LogP contribution is 2.20. The minimum absolute atomic E-state index is 0.0371. The van der Waals surface area contributed by atoms with Gasteiger partial charge in [-0.15, -0.1) is 0 Å². The van der Waals surface area contributed by atoms with Crippen LogP contribution in [0.1, 0.15) is 0 Å². The molecule has 2 aromatic rings. The number of benzene rings is 1. The van der Waals surface area contributed by atoms with E-state index in [4.69, 9.17) is 5.73 Å². The number of hydrogen-bond donors (Lipinski definition) is 2. The van der Waals surface area contributed by atoms with E-state index < -0.39 is 32.2 Å². The van der Waals surface area contributed by atoms with Gasteiger partial charge in [0.1, 0.15) is 16.5 Å². The fourth-order valence-electron chi connectivity index (χ4n) is 1.56. The number of rotatable bonds is 5. The summed E-state index contributed by atoms with van der Waals surface area (Å²) < 4.78 is 54.1. The highest BCUT2D eigenvalue weighted by atomic mass is 32.2. The smallest absolute Gasteiger partial charge is 0.243 e. The van der Waals surface area contributed by atoms with Gasteiger partial charge in [-0.05, 0) is 6.07 Å². The van der Waals surface area contributed by atoms with Gasteiger partial charge in [0.25, 0.3) is 0 Å². The number of sulfonamides is 1. The van der Waals surface area contributed by atoms with Gasteiger partial charge in [0, 0.05) is 31.5 Å². The zero-order valence-electron chi connectivity index (χ0n) is 10.3. The summed E-state index contributed by atoms with van der Waals surface area (Å²) in [5.74, 6) is -2.19. The summed E-state index contributed by atoms with van der Waals surface area (Å²) in [6, 6.07) is 1.20. The Morgan fingerprint density at radius 1 is 1.30 bits per heavy atom. The lowest BCUT2D eigenvalue weighted by Crippen LogP contribution is -2.28. The topological polar surface area (TPSA) is 90.0 Å². The van der Waals surface area contributed by atoms with Crippen LogP contribution in [0.2, 0.25) is 0 Å². The molecule has 3 N–H and O–H groups in total. The molecular formula is C11H12F2N4O2S. The van der Waals surface area contributed by atoms with Crippen LogP contribution in [0.15, 0.2) is 35.7 Å². The molecule has 0 atom stereocenters. The third-order valence-electron chi connectivity index (χ3n) is 2.56. The minimum Gasteiger partial charge on any atom is -0.396 e. The van der Waals surface area contributed by atoms with Crippen molar-refractivity contribution in [3.63, 3.8) is 0 Å². The van der Waals surface area contributed by atoms with Crippen molar-refractivity contribution in [3.8, 4) is 0 Å². The Balaban J connectivity index is 2.12. The second-order valence-electron chi connectivity index (χ2n) is 4.00. The summed E-state index contributed by atoms with van der Waals surface area (Å²) in [4.78, 5) is 3.12. The summed E-state index contributed by atoms with van der Waals surface area (Å²) in [6.07, 6.45) is 4.73. The van der Waals surface area contributed by atoms with E-state index in [1.807, 2.05) is 0 Å². The fourth-order valence-corrected chi connectivity index (χ4v) is 2.67. The Morgan fingerprint density at radius 3 is 2.70 bits per heavy atom. The molecule has 0 saturated carbocycles. The highest BCUT2D eigenvalue weighted by molar-refractivity contribution is 7.89. The maximum atomic E-state index is 13.5. The quantitative estimate of drug-likeness (QED) is 0.796. The third-order valence-corrected chi connectivity index (χ3v) is 4.04. The Hall–Kier alpha value is -2.00. The van der Waals surface area contributed by atoms with Gasteiger partial charge in [0.05, 0.1) is 12.0 Å². The summed E-state index contributed by atoms with van der Waals surface area (Å²) in [6.45, 7) is 0.368. The molecule has 108 valence electrons. The van der Waals surface area contributed by atoms with Crippen molar-refractivity contribution in [2.24, 2.45) is 0 Å². The molecular weight excluding hydrogens is 290 g/mol. The highest BCUT2D eigenvalue weighted by Gasteiger charge is 2.20. The van der Waals surface area contributed by atoms with Crippen LogP contribution in [0.5, 0.6) is 0 Å². The SMILES string of the molecule is Nc1cc(S(=O)(=O)NCCn2ccnc2)c(F)cc1F. The van der Waals surface area contributed by atoms with Crippen LogP contribution in [0.4, 0.5) is 14.5 Å². The van der Waals surface area contributed by atoms with Gasteiger partial charge in [0.15, 0.2) is 0 Å². The first-order valence-corrected chi connectivity index (χ1v) is 7.08. The van der Waals surface area contributed by atoms with Crippen molar-refractivity contribution in [3.05, 3.63) is 42.5 Å². The number of nitrogens with two attached hydrogens (primary N) is 1. The normalized spacial score (nSPS) is 11.7. The standard InChI is InChI=1S/C11H12F2N4O2S/c12-8-5-9(13)11(6-10(8)14)20(18,19)16-2-4-17-3-1-15-7-17/h1,3,5-7,16H,2,4,14H2. The molecule has 0 aliphatic heterocycles. The molecule has 9 heteroatoms. The number of nitrogens with one attached hydrogen (secondary N) is 1. The molecule has 2 rings (SSSR count). The van der Waals surface area contributed by atoms with Gasteiger partial charge in [-0.25, -0.2) is 26.9 Å². The van der Waals surface area contributed by atoms with E-state index in [0.29, 0.717) is 12.6 Å². The maximum Gasteiger partial charge on any atom is 0.243 e. The van der Waals surface area contributed by atoms with Gasteiger partial charge < -0.3 is 10.3 Å². The lowest BCUT2D eigenvalue weighted by atomic mass is 10.3. The van der Waals surface area contributed by atoms with Crippen molar-refractivity contribution in [1.82, 2.24) is 14.3 Å². The monoisotopic (exact) mass is 302 g/mol. The van der Waals surface area contributed by atoms with Crippen LogP contribution in [0.25, 0.3) is 0 Å². The molecule has 0 aliphatic carbocycles. The number of nitrogens with zero attached hydrogens (tertiary/aromatic N) is 2. The van der Waals surface area contributed by atoms with Crippen LogP contribution in [-0.2, 0) is 16.6 Å². The first-order valence-electron chi connectivity index (χ1n) is 5.60. The molecule has 0 aliphatic rings. The average molecular weight is 302 g/mol. The summed E-state index contributed by atoms with van der Waals surface area (Å²) >= 11 is 0. The molecule has 6 nitrogen and oxygen atoms in total. The molecule has 0 fully saturated rings. The molecule has 1 heterocycles. The first kappa shape index (κ1) is 14.4. The molecule has 0 saturated heterocycles. The lowest BCUT2D eigenvalue weighted by molar-refractivity contribution is 0.541. The zero-order chi connectivity index (χ0) is 14.8. The molecule has 0 spiro atoms. The van der Waals surface area contributed by atoms with Crippen molar-refractivity contribution >= 4 is 15.7 Å². The van der Waals surface area contributed by atoms with E-state index in [1.54, 1.807) is 17.0 Å². The number of aromatic nitrogens is 2. The number of hydrogen-bond acceptors (Lipinski definition) is 4. The predicted octanol–water partition coefficient (Wildman–Crippen LogP) is 0.722. The van der Waals surface area contributed by atoms with Crippen LogP contribution < -0.4 is 10.5 Å². The second kappa shape index (κ2) is 5.55. The number of anilines is 1. The van der Waals surface area contributed by atoms with Gasteiger partial charge in [-0.3, -0.25) is 0 Å². The largest absolute Gasteiger partial charge is 0.396 e. The molecule has 0 bridgehead atoms. The van der Waals surface area contributed by atoms with E-state index in [0.717, 1.165) is 6.07 Å². The first-order chi connectivity index (χ1) is 9.40. The molecule has 0 amide bonds. The van der Waals surface area contributed by atoms with Crippen molar-refractivity contribution in [2.45, 2.75) is 11.4 Å².